The molecule has 0 unspecified atom stereocenters. The van der Waals surface area contributed by atoms with Gasteiger partial charge in [-0.2, -0.15) is 0 Å². The maximum atomic E-state index is 10.6. The lowest BCUT2D eigenvalue weighted by Crippen LogP contribution is -1.88. The highest BCUT2D eigenvalue weighted by Gasteiger charge is 2.06. The van der Waals surface area contributed by atoms with Crippen LogP contribution in [0, 0.1) is 0 Å². The average Bonchev–Trinajstić information content (AvgIpc) is 2.91. The second-order valence-electron chi connectivity index (χ2n) is 7.82. The summed E-state index contributed by atoms with van der Waals surface area (Å²) >= 11 is 0. The van der Waals surface area contributed by atoms with Crippen LogP contribution in [0.4, 0.5) is 0 Å². The fourth-order valence-electron chi connectivity index (χ4n) is 3.69. The van der Waals surface area contributed by atoms with Gasteiger partial charge in [0, 0.05) is 5.56 Å². The highest BCUT2D eigenvalue weighted by atomic mass is 16.1. The first kappa shape index (κ1) is 22.0. The first-order valence-corrected chi connectivity index (χ1v) is 11.1. The fourth-order valence-corrected chi connectivity index (χ4v) is 3.69. The van der Waals surface area contributed by atoms with E-state index in [2.05, 4.69) is 109 Å². The number of benzene rings is 5. The van der Waals surface area contributed by atoms with E-state index in [4.69, 9.17) is 0 Å². The summed E-state index contributed by atoms with van der Waals surface area (Å²) in [4.78, 5) is 10.6. The molecule has 0 aromatic heterocycles. The Morgan fingerprint density at radius 3 is 0.909 bits per heavy atom. The number of carbonyl (C=O) groups excluding carboxylic acids is 1. The largest absolute Gasteiger partial charge is 0.295 e. The van der Waals surface area contributed by atoms with Crippen LogP contribution < -0.4 is 0 Å². The van der Waals surface area contributed by atoms with Crippen LogP contribution in [0.25, 0.3) is 33.4 Å². The molecule has 0 aliphatic heterocycles. The van der Waals surface area contributed by atoms with Crippen LogP contribution in [-0.2, 0) is 0 Å². The predicted molar refractivity (Wildman–Crippen MR) is 139 cm³/mol. The van der Waals surface area contributed by atoms with E-state index in [1.54, 1.807) is 6.92 Å². The van der Waals surface area contributed by atoms with Gasteiger partial charge in [-0.25, -0.2) is 0 Å². The highest BCUT2D eigenvalue weighted by molar-refractivity contribution is 5.93. The molecule has 5 aromatic rings. The second-order valence-corrected chi connectivity index (χ2v) is 7.82. The molecule has 1 heteroatoms. The van der Waals surface area contributed by atoms with E-state index in [1.807, 2.05) is 30.3 Å². The van der Waals surface area contributed by atoms with Gasteiger partial charge in [0.25, 0.3) is 0 Å². The Morgan fingerprint density at radius 1 is 0.394 bits per heavy atom. The Hall–Kier alpha value is -4.23. The van der Waals surface area contributed by atoms with Crippen molar-refractivity contribution in [1.82, 2.24) is 0 Å². The molecular formula is C32H26O. The summed E-state index contributed by atoms with van der Waals surface area (Å²) in [7, 11) is 0. The lowest BCUT2D eigenvalue weighted by molar-refractivity contribution is 0.101. The van der Waals surface area contributed by atoms with Crippen molar-refractivity contribution < 1.29 is 4.79 Å². The quantitative estimate of drug-likeness (QED) is 0.263. The first-order valence-electron chi connectivity index (χ1n) is 11.1. The molecule has 1 nitrogen and oxygen atoms in total. The Kier molecular flexibility index (Phi) is 7.25. The summed E-state index contributed by atoms with van der Waals surface area (Å²) in [6.45, 7) is 1.56. The monoisotopic (exact) mass is 426 g/mol. The van der Waals surface area contributed by atoms with Crippen LogP contribution in [0.2, 0.25) is 0 Å². The van der Waals surface area contributed by atoms with E-state index < -0.39 is 0 Å². The molecule has 160 valence electrons. The Morgan fingerprint density at radius 2 is 0.667 bits per heavy atom. The molecule has 0 N–H and O–H groups in total. The molecule has 0 heterocycles. The van der Waals surface area contributed by atoms with Crippen LogP contribution in [0.1, 0.15) is 17.3 Å². The average molecular weight is 427 g/mol. The number of Topliss-reactive ketones (excluding diaryl/α,β-unsaturated/α-hetero) is 1. The second kappa shape index (κ2) is 10.9. The molecule has 0 bridgehead atoms. The van der Waals surface area contributed by atoms with E-state index in [0.29, 0.717) is 0 Å². The molecule has 0 aliphatic carbocycles. The Balaban J connectivity index is 0.000000243. The minimum atomic E-state index is 0.121. The third-order valence-electron chi connectivity index (χ3n) is 5.43. The minimum absolute atomic E-state index is 0.121. The van der Waals surface area contributed by atoms with E-state index >= 15 is 0 Å². The first-order chi connectivity index (χ1) is 16.2. The van der Waals surface area contributed by atoms with Gasteiger partial charge < -0.3 is 0 Å². The molecule has 5 rings (SSSR count). The summed E-state index contributed by atoms with van der Waals surface area (Å²) in [6, 6.07) is 47.8. The zero-order valence-corrected chi connectivity index (χ0v) is 18.7. The topological polar surface area (TPSA) is 17.1 Å². The molecule has 0 amide bonds. The Bertz CT molecular complexity index is 1150. The zero-order chi connectivity index (χ0) is 22.9. The van der Waals surface area contributed by atoms with Crippen molar-refractivity contribution in [3.05, 3.63) is 145 Å². The van der Waals surface area contributed by atoms with Gasteiger partial charge in [0.15, 0.2) is 5.78 Å². The van der Waals surface area contributed by atoms with Gasteiger partial charge in [-0.05, 0) is 58.5 Å². The fraction of sp³-hybridized carbons (Fsp3) is 0.0312. The molecule has 0 saturated carbocycles. The SMILES string of the molecule is CC(=O)c1ccccc1.c1ccc(-c2cc(-c3ccccc3)cc(-c3ccccc3)c2)cc1. The molecule has 5 aromatic carbocycles. The molecular weight excluding hydrogens is 400 g/mol. The number of rotatable bonds is 4. The molecule has 33 heavy (non-hydrogen) atoms. The van der Waals surface area contributed by atoms with Gasteiger partial charge >= 0.3 is 0 Å². The lowest BCUT2D eigenvalue weighted by atomic mass is 9.93. The number of ketones is 1. The standard InChI is InChI=1S/C24H18.C8H8O/c1-4-10-19(11-5-1)22-16-23(20-12-6-2-7-13-20)18-24(17-22)21-14-8-3-9-15-21;1-7(9)8-5-3-2-4-6-8/h1-18H;2-6H,1H3. The van der Waals surface area contributed by atoms with E-state index in [1.165, 1.54) is 33.4 Å². The van der Waals surface area contributed by atoms with Crippen LogP contribution >= 0.6 is 0 Å². The maximum absolute atomic E-state index is 10.6. The van der Waals surface area contributed by atoms with Gasteiger partial charge in [-0.1, -0.05) is 121 Å². The number of hydrogen-bond acceptors (Lipinski definition) is 1. The number of carbonyl (C=O) groups is 1. The van der Waals surface area contributed by atoms with Crippen LogP contribution in [0.15, 0.2) is 140 Å². The highest BCUT2D eigenvalue weighted by Crippen LogP contribution is 2.32. The summed E-state index contributed by atoms with van der Waals surface area (Å²) in [6.07, 6.45) is 0. The summed E-state index contributed by atoms with van der Waals surface area (Å²) < 4.78 is 0. The molecule has 0 aliphatic rings. The third-order valence-corrected chi connectivity index (χ3v) is 5.43. The molecule has 0 saturated heterocycles. The molecule has 0 fully saturated rings. The van der Waals surface area contributed by atoms with Crippen LogP contribution in [0.3, 0.4) is 0 Å². The minimum Gasteiger partial charge on any atom is -0.295 e. The van der Waals surface area contributed by atoms with Crippen LogP contribution in [-0.4, -0.2) is 5.78 Å². The molecule has 0 spiro atoms. The smallest absolute Gasteiger partial charge is 0.159 e. The summed E-state index contributed by atoms with van der Waals surface area (Å²) in [5, 5.41) is 0. The van der Waals surface area contributed by atoms with Gasteiger partial charge in [0.2, 0.25) is 0 Å². The number of hydrogen-bond donors (Lipinski definition) is 0. The Labute approximate surface area is 196 Å². The van der Waals surface area contributed by atoms with Gasteiger partial charge in [-0.3, -0.25) is 4.79 Å². The van der Waals surface area contributed by atoms with Crippen molar-refractivity contribution in [2.45, 2.75) is 6.92 Å². The molecule has 0 radical (unpaired) electrons. The van der Waals surface area contributed by atoms with Gasteiger partial charge in [0.1, 0.15) is 0 Å². The van der Waals surface area contributed by atoms with Gasteiger partial charge in [0.05, 0.1) is 0 Å². The summed E-state index contributed by atoms with van der Waals surface area (Å²) in [5.74, 6) is 0.121. The van der Waals surface area contributed by atoms with Crippen molar-refractivity contribution in [1.29, 1.82) is 0 Å². The normalized spacial score (nSPS) is 10.1. The zero-order valence-electron chi connectivity index (χ0n) is 18.7. The lowest BCUT2D eigenvalue weighted by Gasteiger charge is -2.11. The predicted octanol–water partition coefficient (Wildman–Crippen LogP) is 8.58. The van der Waals surface area contributed by atoms with Crippen LogP contribution in [0.5, 0.6) is 0 Å². The third kappa shape index (κ3) is 5.93. The van der Waals surface area contributed by atoms with Gasteiger partial charge in [-0.15, -0.1) is 0 Å². The van der Waals surface area contributed by atoms with Crippen molar-refractivity contribution in [2.75, 3.05) is 0 Å². The van der Waals surface area contributed by atoms with Crippen molar-refractivity contribution in [3.8, 4) is 33.4 Å². The van der Waals surface area contributed by atoms with E-state index in [0.717, 1.165) is 5.56 Å². The maximum Gasteiger partial charge on any atom is 0.159 e. The van der Waals surface area contributed by atoms with Crippen molar-refractivity contribution in [2.24, 2.45) is 0 Å². The van der Waals surface area contributed by atoms with Crippen molar-refractivity contribution in [3.63, 3.8) is 0 Å². The summed E-state index contributed by atoms with van der Waals surface area (Å²) in [5.41, 5.74) is 8.24. The molecule has 0 atom stereocenters. The van der Waals surface area contributed by atoms with Crippen molar-refractivity contribution >= 4 is 5.78 Å². The van der Waals surface area contributed by atoms with E-state index in [-0.39, 0.29) is 5.78 Å². The van der Waals surface area contributed by atoms with E-state index in [9.17, 15) is 4.79 Å².